The van der Waals surface area contributed by atoms with E-state index in [1.165, 1.54) is 6.42 Å². The van der Waals surface area contributed by atoms with Crippen molar-refractivity contribution < 1.29 is 14.7 Å². The quantitative estimate of drug-likeness (QED) is 0.837. The molecule has 0 aliphatic heterocycles. The summed E-state index contributed by atoms with van der Waals surface area (Å²) in [6.07, 6.45) is 4.34. The number of carboxylic acid groups (broad SMARTS) is 1. The molecule has 1 rings (SSSR count). The highest BCUT2D eigenvalue weighted by Gasteiger charge is 2.34. The van der Waals surface area contributed by atoms with Gasteiger partial charge in [0.05, 0.1) is 0 Å². The highest BCUT2D eigenvalue weighted by Crippen LogP contribution is 2.27. The predicted octanol–water partition coefficient (Wildman–Crippen LogP) is 2.71. The van der Waals surface area contributed by atoms with Gasteiger partial charge in [-0.05, 0) is 24.2 Å². The van der Waals surface area contributed by atoms with Crippen LogP contribution in [0, 0.1) is 11.3 Å². The van der Waals surface area contributed by atoms with Gasteiger partial charge in [0.2, 0.25) is 0 Å². The number of hydrogen-bond donors (Lipinski definition) is 2. The number of carboxylic acids is 1. The SMILES string of the molecule is CC1CCCC(N(C)C(=O)N[C@H](C(=O)O)C(C)(C)C)C1. The van der Waals surface area contributed by atoms with Crippen molar-refractivity contribution >= 4 is 12.0 Å². The fraction of sp³-hybridized carbons (Fsp3) is 0.867. The third kappa shape index (κ3) is 4.39. The molecule has 1 aliphatic rings. The summed E-state index contributed by atoms with van der Waals surface area (Å²) in [4.78, 5) is 25.2. The van der Waals surface area contributed by atoms with E-state index >= 15 is 0 Å². The van der Waals surface area contributed by atoms with Crippen molar-refractivity contribution in [3.8, 4) is 0 Å². The molecule has 0 aromatic carbocycles. The number of rotatable bonds is 3. The van der Waals surface area contributed by atoms with Crippen LogP contribution in [-0.4, -0.2) is 41.1 Å². The van der Waals surface area contributed by atoms with E-state index in [0.717, 1.165) is 19.3 Å². The van der Waals surface area contributed by atoms with Crippen LogP contribution in [0.15, 0.2) is 0 Å². The minimum Gasteiger partial charge on any atom is -0.480 e. The van der Waals surface area contributed by atoms with E-state index in [-0.39, 0.29) is 12.1 Å². The Kier molecular flexibility index (Phi) is 5.42. The minimum absolute atomic E-state index is 0.216. The summed E-state index contributed by atoms with van der Waals surface area (Å²) in [7, 11) is 1.76. The zero-order chi connectivity index (χ0) is 15.5. The van der Waals surface area contributed by atoms with Crippen molar-refractivity contribution in [3.05, 3.63) is 0 Å². The monoisotopic (exact) mass is 284 g/mol. The number of carbonyl (C=O) groups is 2. The largest absolute Gasteiger partial charge is 0.480 e. The van der Waals surface area contributed by atoms with Gasteiger partial charge in [-0.1, -0.05) is 40.5 Å². The van der Waals surface area contributed by atoms with Gasteiger partial charge in [-0.2, -0.15) is 0 Å². The lowest BCUT2D eigenvalue weighted by Gasteiger charge is -2.36. The maximum absolute atomic E-state index is 12.3. The number of hydrogen-bond acceptors (Lipinski definition) is 2. The zero-order valence-electron chi connectivity index (χ0n) is 13.3. The molecule has 1 fully saturated rings. The molecule has 116 valence electrons. The van der Waals surface area contributed by atoms with Gasteiger partial charge >= 0.3 is 12.0 Å². The Morgan fingerprint density at radius 2 is 1.90 bits per heavy atom. The molecule has 1 aliphatic carbocycles. The molecule has 2 amide bonds. The molecule has 0 bridgehead atoms. The molecule has 0 aromatic rings. The molecular weight excluding hydrogens is 256 g/mol. The molecule has 20 heavy (non-hydrogen) atoms. The minimum atomic E-state index is -0.990. The molecule has 0 saturated heterocycles. The van der Waals surface area contributed by atoms with E-state index in [0.29, 0.717) is 5.92 Å². The van der Waals surface area contributed by atoms with E-state index in [2.05, 4.69) is 12.2 Å². The van der Waals surface area contributed by atoms with Crippen LogP contribution >= 0.6 is 0 Å². The molecule has 0 aromatic heterocycles. The summed E-state index contributed by atoms with van der Waals surface area (Å²) in [5.41, 5.74) is -0.512. The first kappa shape index (κ1) is 16.8. The van der Waals surface area contributed by atoms with Crippen LogP contribution in [0.4, 0.5) is 4.79 Å². The molecule has 2 unspecified atom stereocenters. The van der Waals surface area contributed by atoms with Gasteiger partial charge in [0.25, 0.3) is 0 Å². The van der Waals surface area contributed by atoms with Crippen LogP contribution < -0.4 is 5.32 Å². The molecule has 3 atom stereocenters. The zero-order valence-corrected chi connectivity index (χ0v) is 13.3. The average Bonchev–Trinajstić information content (AvgIpc) is 2.32. The van der Waals surface area contributed by atoms with Gasteiger partial charge in [0.1, 0.15) is 6.04 Å². The number of nitrogens with one attached hydrogen (secondary N) is 1. The molecule has 1 saturated carbocycles. The summed E-state index contributed by atoms with van der Waals surface area (Å²) >= 11 is 0. The Labute approximate surface area is 121 Å². The number of carbonyl (C=O) groups excluding carboxylic acids is 1. The summed E-state index contributed by atoms with van der Waals surface area (Å²) in [5.74, 6) is -0.363. The van der Waals surface area contributed by atoms with Crippen LogP contribution in [0.25, 0.3) is 0 Å². The Balaban J connectivity index is 2.66. The van der Waals surface area contributed by atoms with Gasteiger partial charge in [-0.15, -0.1) is 0 Å². The first-order valence-corrected chi connectivity index (χ1v) is 7.39. The Morgan fingerprint density at radius 1 is 1.30 bits per heavy atom. The highest BCUT2D eigenvalue weighted by atomic mass is 16.4. The Bertz CT molecular complexity index is 363. The maximum atomic E-state index is 12.3. The van der Waals surface area contributed by atoms with Crippen molar-refractivity contribution in [1.82, 2.24) is 10.2 Å². The standard InChI is InChI=1S/C15H28N2O3/c1-10-7-6-8-11(9-10)17(5)14(20)16-12(13(18)19)15(2,3)4/h10-12H,6-9H2,1-5H3,(H,16,20)(H,18,19)/t10?,11?,12-/m1/s1. The lowest BCUT2D eigenvalue weighted by Crippen LogP contribution is -2.54. The topological polar surface area (TPSA) is 69.6 Å². The van der Waals surface area contributed by atoms with Crippen LogP contribution in [-0.2, 0) is 4.79 Å². The molecule has 2 N–H and O–H groups in total. The second kappa shape index (κ2) is 6.46. The summed E-state index contributed by atoms with van der Waals surface area (Å²) in [6, 6.07) is -0.946. The second-order valence-corrected chi connectivity index (χ2v) is 7.12. The summed E-state index contributed by atoms with van der Waals surface area (Å²) in [5, 5.41) is 11.9. The maximum Gasteiger partial charge on any atom is 0.326 e. The lowest BCUT2D eigenvalue weighted by atomic mass is 9.86. The van der Waals surface area contributed by atoms with Crippen molar-refractivity contribution in [2.45, 2.75) is 65.5 Å². The van der Waals surface area contributed by atoms with Crippen LogP contribution in [0.5, 0.6) is 0 Å². The third-order valence-corrected chi connectivity index (χ3v) is 4.16. The Hall–Kier alpha value is -1.26. The molecular formula is C15H28N2O3. The second-order valence-electron chi connectivity index (χ2n) is 7.12. The van der Waals surface area contributed by atoms with E-state index in [1.54, 1.807) is 11.9 Å². The number of amides is 2. The van der Waals surface area contributed by atoms with Crippen LogP contribution in [0.3, 0.4) is 0 Å². The Morgan fingerprint density at radius 3 is 2.35 bits per heavy atom. The predicted molar refractivity (Wildman–Crippen MR) is 78.6 cm³/mol. The van der Waals surface area contributed by atoms with Gasteiger partial charge in [0.15, 0.2) is 0 Å². The summed E-state index contributed by atoms with van der Waals surface area (Å²) < 4.78 is 0. The first-order chi connectivity index (χ1) is 9.12. The third-order valence-electron chi connectivity index (χ3n) is 4.16. The summed E-state index contributed by atoms with van der Waals surface area (Å²) in [6.45, 7) is 7.64. The number of aliphatic carboxylic acids is 1. The molecule has 0 radical (unpaired) electrons. The van der Waals surface area contributed by atoms with Crippen molar-refractivity contribution in [2.24, 2.45) is 11.3 Å². The normalized spacial score (nSPS) is 24.9. The number of nitrogens with zero attached hydrogens (tertiary/aromatic N) is 1. The molecule has 5 heteroatoms. The van der Waals surface area contributed by atoms with Crippen molar-refractivity contribution in [1.29, 1.82) is 0 Å². The first-order valence-electron chi connectivity index (χ1n) is 7.39. The fourth-order valence-electron chi connectivity index (χ4n) is 2.79. The fourth-order valence-corrected chi connectivity index (χ4v) is 2.79. The highest BCUT2D eigenvalue weighted by molar-refractivity contribution is 5.83. The van der Waals surface area contributed by atoms with Gasteiger partial charge in [-0.3, -0.25) is 0 Å². The van der Waals surface area contributed by atoms with Crippen molar-refractivity contribution in [2.75, 3.05) is 7.05 Å². The van der Waals surface area contributed by atoms with Gasteiger partial charge in [-0.25, -0.2) is 9.59 Å². The van der Waals surface area contributed by atoms with Crippen molar-refractivity contribution in [3.63, 3.8) is 0 Å². The van der Waals surface area contributed by atoms with Crippen LogP contribution in [0.2, 0.25) is 0 Å². The van der Waals surface area contributed by atoms with E-state index in [1.807, 2.05) is 20.8 Å². The molecule has 5 nitrogen and oxygen atoms in total. The number of urea groups is 1. The lowest BCUT2D eigenvalue weighted by molar-refractivity contribution is -0.142. The van der Waals surface area contributed by atoms with E-state index < -0.39 is 17.4 Å². The van der Waals surface area contributed by atoms with Gasteiger partial charge in [0, 0.05) is 13.1 Å². The van der Waals surface area contributed by atoms with Gasteiger partial charge < -0.3 is 15.3 Å². The molecule has 0 spiro atoms. The smallest absolute Gasteiger partial charge is 0.326 e. The van der Waals surface area contributed by atoms with E-state index in [4.69, 9.17) is 0 Å². The van der Waals surface area contributed by atoms with Crippen LogP contribution in [0.1, 0.15) is 53.4 Å². The average molecular weight is 284 g/mol. The van der Waals surface area contributed by atoms with E-state index in [9.17, 15) is 14.7 Å². The molecule has 0 heterocycles.